The molecule has 9 heavy (non-hydrogen) atoms. The molecule has 0 spiro atoms. The Labute approximate surface area is 56.2 Å². The predicted molar refractivity (Wildman–Crippen MR) is 36.4 cm³/mol. The molecule has 1 atom stereocenters. The topological polar surface area (TPSA) is 26.3 Å². The lowest BCUT2D eigenvalue weighted by molar-refractivity contribution is -0.128. The summed E-state index contributed by atoms with van der Waals surface area (Å²) in [6.07, 6.45) is 1.19. The van der Waals surface area contributed by atoms with Gasteiger partial charge in [-0.2, -0.15) is 0 Å². The molecule has 0 aliphatic heterocycles. The first-order valence-electron chi connectivity index (χ1n) is 3.31. The van der Waals surface area contributed by atoms with Crippen molar-refractivity contribution < 1.29 is 9.53 Å². The van der Waals surface area contributed by atoms with Crippen molar-refractivity contribution in [2.45, 2.75) is 32.8 Å². The Morgan fingerprint density at radius 2 is 2.11 bits per heavy atom. The van der Waals surface area contributed by atoms with Gasteiger partial charge in [-0.25, -0.2) is 0 Å². The van der Waals surface area contributed by atoms with Gasteiger partial charge in [-0.3, -0.25) is 4.79 Å². The fraction of sp³-hybridized carbons (Fsp3) is 0.857. The van der Waals surface area contributed by atoms with Crippen LogP contribution in [-0.2, 0) is 9.53 Å². The molecule has 0 aromatic heterocycles. The number of ether oxygens (including phenoxy) is 1. The second-order valence-corrected chi connectivity index (χ2v) is 1.95. The molecule has 0 aromatic carbocycles. The van der Waals surface area contributed by atoms with E-state index in [2.05, 4.69) is 0 Å². The molecule has 54 valence electrons. The number of carbonyl (C=O) groups is 1. The zero-order valence-corrected chi connectivity index (χ0v) is 6.31. The molecule has 0 saturated heterocycles. The van der Waals surface area contributed by atoms with Gasteiger partial charge in [0.25, 0.3) is 0 Å². The number of Topliss-reactive ketones (excluding diaryl/α,β-unsaturated/α-hetero) is 1. The van der Waals surface area contributed by atoms with E-state index in [-0.39, 0.29) is 11.9 Å². The van der Waals surface area contributed by atoms with Gasteiger partial charge in [0.15, 0.2) is 5.78 Å². The lowest BCUT2D eigenvalue weighted by atomic mass is 10.1. The summed E-state index contributed by atoms with van der Waals surface area (Å²) in [7, 11) is 1.57. The smallest absolute Gasteiger partial charge is 0.161 e. The van der Waals surface area contributed by atoms with Gasteiger partial charge in [0.1, 0.15) is 6.10 Å². The van der Waals surface area contributed by atoms with Crippen LogP contribution in [0, 0.1) is 0 Å². The molecule has 0 aliphatic carbocycles. The number of carbonyl (C=O) groups excluding carboxylic acids is 1. The Balaban J connectivity index is 3.64. The highest BCUT2D eigenvalue weighted by atomic mass is 16.5. The van der Waals surface area contributed by atoms with Gasteiger partial charge >= 0.3 is 0 Å². The third-order valence-electron chi connectivity index (χ3n) is 1.36. The maximum absolute atomic E-state index is 10.8. The summed E-state index contributed by atoms with van der Waals surface area (Å²) in [5, 5.41) is 0. The lowest BCUT2D eigenvalue weighted by Gasteiger charge is -2.08. The average molecular weight is 130 g/mol. The molecule has 0 bridgehead atoms. The highest BCUT2D eigenvalue weighted by Crippen LogP contribution is 1.99. The zero-order valence-electron chi connectivity index (χ0n) is 6.31. The standard InChI is InChI=1S/C7H14O2/c1-4-6(8)7(5-2)9-3/h7H,4-5H2,1-3H3. The van der Waals surface area contributed by atoms with Crippen LogP contribution in [-0.4, -0.2) is 19.0 Å². The first-order valence-corrected chi connectivity index (χ1v) is 3.31. The average Bonchev–Trinajstić information content (AvgIpc) is 1.90. The molecule has 0 amide bonds. The van der Waals surface area contributed by atoms with E-state index in [0.717, 1.165) is 6.42 Å². The van der Waals surface area contributed by atoms with Crippen LogP contribution < -0.4 is 0 Å². The molecule has 2 nitrogen and oxygen atoms in total. The Hall–Kier alpha value is -0.370. The van der Waals surface area contributed by atoms with Gasteiger partial charge in [-0.1, -0.05) is 13.8 Å². The minimum atomic E-state index is -0.171. The number of hydrogen-bond donors (Lipinski definition) is 0. The van der Waals surface area contributed by atoms with Crippen LogP contribution in [0.5, 0.6) is 0 Å². The molecule has 0 rings (SSSR count). The molecule has 0 radical (unpaired) electrons. The molecule has 0 N–H and O–H groups in total. The van der Waals surface area contributed by atoms with E-state index in [0.29, 0.717) is 6.42 Å². The summed E-state index contributed by atoms with van der Waals surface area (Å²) in [4.78, 5) is 10.8. The third-order valence-corrected chi connectivity index (χ3v) is 1.36. The Morgan fingerprint density at radius 1 is 1.56 bits per heavy atom. The predicted octanol–water partition coefficient (Wildman–Crippen LogP) is 1.39. The van der Waals surface area contributed by atoms with Gasteiger partial charge in [0.2, 0.25) is 0 Å². The second-order valence-electron chi connectivity index (χ2n) is 1.95. The normalized spacial score (nSPS) is 13.2. The first-order chi connectivity index (χ1) is 4.26. The van der Waals surface area contributed by atoms with Crippen LogP contribution in [0.4, 0.5) is 0 Å². The van der Waals surface area contributed by atoms with Crippen molar-refractivity contribution in [1.29, 1.82) is 0 Å². The van der Waals surface area contributed by atoms with E-state index in [1.54, 1.807) is 7.11 Å². The number of hydrogen-bond acceptors (Lipinski definition) is 2. The third kappa shape index (κ3) is 2.61. The van der Waals surface area contributed by atoms with E-state index in [4.69, 9.17) is 4.74 Å². The molecule has 0 fully saturated rings. The van der Waals surface area contributed by atoms with Gasteiger partial charge in [0.05, 0.1) is 0 Å². The highest BCUT2D eigenvalue weighted by molar-refractivity contribution is 5.82. The maximum Gasteiger partial charge on any atom is 0.161 e. The van der Waals surface area contributed by atoms with Gasteiger partial charge < -0.3 is 4.74 Å². The fourth-order valence-corrected chi connectivity index (χ4v) is 0.753. The minimum absolute atomic E-state index is 0.171. The van der Waals surface area contributed by atoms with Crippen LogP contribution in [0.15, 0.2) is 0 Å². The molecule has 2 heteroatoms. The van der Waals surface area contributed by atoms with Crippen molar-refractivity contribution >= 4 is 5.78 Å². The summed E-state index contributed by atoms with van der Waals surface area (Å²) in [5.74, 6) is 0.194. The van der Waals surface area contributed by atoms with E-state index in [1.165, 1.54) is 0 Å². The van der Waals surface area contributed by atoms with E-state index < -0.39 is 0 Å². The van der Waals surface area contributed by atoms with Crippen molar-refractivity contribution in [1.82, 2.24) is 0 Å². The minimum Gasteiger partial charge on any atom is -0.374 e. The molecule has 1 unspecified atom stereocenters. The van der Waals surface area contributed by atoms with Crippen molar-refractivity contribution in [3.8, 4) is 0 Å². The zero-order chi connectivity index (χ0) is 7.28. The van der Waals surface area contributed by atoms with Crippen molar-refractivity contribution in [3.05, 3.63) is 0 Å². The summed E-state index contributed by atoms with van der Waals surface area (Å²) >= 11 is 0. The first kappa shape index (κ1) is 8.63. The van der Waals surface area contributed by atoms with E-state index in [1.807, 2.05) is 13.8 Å². The Morgan fingerprint density at radius 3 is 2.22 bits per heavy atom. The summed E-state index contributed by atoms with van der Waals surface area (Å²) in [6, 6.07) is 0. The van der Waals surface area contributed by atoms with E-state index in [9.17, 15) is 4.79 Å². The quantitative estimate of drug-likeness (QED) is 0.574. The lowest BCUT2D eigenvalue weighted by Crippen LogP contribution is -2.20. The summed E-state index contributed by atoms with van der Waals surface area (Å²) < 4.78 is 4.90. The number of ketones is 1. The van der Waals surface area contributed by atoms with Crippen molar-refractivity contribution in [2.24, 2.45) is 0 Å². The van der Waals surface area contributed by atoms with Gasteiger partial charge in [-0.05, 0) is 6.42 Å². The second kappa shape index (κ2) is 4.50. The molecule has 0 aliphatic rings. The Bertz CT molecular complexity index is 84.9. The summed E-state index contributed by atoms with van der Waals surface area (Å²) in [6.45, 7) is 3.80. The summed E-state index contributed by atoms with van der Waals surface area (Å²) in [5.41, 5.74) is 0. The molecule has 0 heterocycles. The molecule has 0 saturated carbocycles. The Kier molecular flexibility index (Phi) is 4.32. The van der Waals surface area contributed by atoms with Gasteiger partial charge in [-0.15, -0.1) is 0 Å². The SMILES string of the molecule is CCC(=O)C(CC)OC. The number of methoxy groups -OCH3 is 1. The monoisotopic (exact) mass is 130 g/mol. The number of rotatable bonds is 4. The van der Waals surface area contributed by atoms with Crippen LogP contribution in [0.25, 0.3) is 0 Å². The molecular weight excluding hydrogens is 116 g/mol. The largest absolute Gasteiger partial charge is 0.374 e. The fourth-order valence-electron chi connectivity index (χ4n) is 0.753. The highest BCUT2D eigenvalue weighted by Gasteiger charge is 2.11. The van der Waals surface area contributed by atoms with Crippen molar-refractivity contribution in [2.75, 3.05) is 7.11 Å². The van der Waals surface area contributed by atoms with E-state index >= 15 is 0 Å². The van der Waals surface area contributed by atoms with Crippen molar-refractivity contribution in [3.63, 3.8) is 0 Å². The maximum atomic E-state index is 10.8. The van der Waals surface area contributed by atoms with Crippen LogP contribution >= 0.6 is 0 Å². The molecular formula is C7H14O2. The van der Waals surface area contributed by atoms with Gasteiger partial charge in [0, 0.05) is 13.5 Å². The van der Waals surface area contributed by atoms with Crippen LogP contribution in [0.1, 0.15) is 26.7 Å². The van der Waals surface area contributed by atoms with Crippen LogP contribution in [0.2, 0.25) is 0 Å². The molecule has 0 aromatic rings. The van der Waals surface area contributed by atoms with Crippen LogP contribution in [0.3, 0.4) is 0 Å².